The maximum absolute atomic E-state index is 10.9. The summed E-state index contributed by atoms with van der Waals surface area (Å²) in [7, 11) is 1.61. The number of nitrogens with one attached hydrogen (secondary N) is 1. The van der Waals surface area contributed by atoms with E-state index in [1.807, 2.05) is 5.43 Å². The van der Waals surface area contributed by atoms with Crippen molar-refractivity contribution in [1.82, 2.24) is 15.2 Å². The van der Waals surface area contributed by atoms with Crippen LogP contribution < -0.4 is 11.3 Å². The van der Waals surface area contributed by atoms with Gasteiger partial charge >= 0.3 is 0 Å². The number of nitrogens with zero attached hydrogens (tertiary/aromatic N) is 2. The third-order valence-electron chi connectivity index (χ3n) is 1.21. The zero-order valence-corrected chi connectivity index (χ0v) is 6.59. The fourth-order valence-corrected chi connectivity index (χ4v) is 0.935. The maximum atomic E-state index is 10.9. The Hall–Kier alpha value is -1.07. The van der Waals surface area contributed by atoms with E-state index in [-0.39, 0.29) is 5.15 Å². The SMILES string of the molecule is Cn1nc(Cl)cc1C(=O)NN. The number of aryl methyl sites for hydroxylation is 1. The molecule has 0 unspecified atom stereocenters. The average Bonchev–Trinajstić information content (AvgIpc) is 2.28. The average molecular weight is 175 g/mol. The smallest absolute Gasteiger partial charge is 0.283 e. The zero-order chi connectivity index (χ0) is 8.43. The highest BCUT2D eigenvalue weighted by molar-refractivity contribution is 6.29. The molecule has 3 N–H and O–H groups in total. The van der Waals surface area contributed by atoms with Crippen LogP contribution in [0.15, 0.2) is 6.07 Å². The number of nitrogens with two attached hydrogens (primary N) is 1. The Labute approximate surface area is 68.1 Å². The van der Waals surface area contributed by atoms with Crippen LogP contribution in [-0.4, -0.2) is 15.7 Å². The van der Waals surface area contributed by atoms with E-state index >= 15 is 0 Å². The number of nitrogen functional groups attached to an aromatic ring is 1. The van der Waals surface area contributed by atoms with Crippen molar-refractivity contribution in [3.8, 4) is 0 Å². The number of amides is 1. The fraction of sp³-hybridized carbons (Fsp3) is 0.200. The molecule has 1 aromatic heterocycles. The number of hydrazine groups is 1. The summed E-state index contributed by atoms with van der Waals surface area (Å²) in [5.41, 5.74) is 2.31. The fourth-order valence-electron chi connectivity index (χ4n) is 0.719. The maximum Gasteiger partial charge on any atom is 0.283 e. The summed E-state index contributed by atoms with van der Waals surface area (Å²) in [6.07, 6.45) is 0. The molecule has 0 atom stereocenters. The van der Waals surface area contributed by atoms with Gasteiger partial charge < -0.3 is 0 Å². The Bertz CT molecular complexity index is 282. The van der Waals surface area contributed by atoms with E-state index in [0.717, 1.165) is 0 Å². The first-order chi connectivity index (χ1) is 5.15. The first-order valence-electron chi connectivity index (χ1n) is 2.85. The largest absolute Gasteiger partial charge is 0.289 e. The van der Waals surface area contributed by atoms with Crippen molar-refractivity contribution in [3.63, 3.8) is 0 Å². The normalized spacial score (nSPS) is 9.73. The van der Waals surface area contributed by atoms with Crippen LogP contribution in [0.25, 0.3) is 0 Å². The summed E-state index contributed by atoms with van der Waals surface area (Å²) >= 11 is 5.51. The number of hydrogen-bond acceptors (Lipinski definition) is 3. The summed E-state index contributed by atoms with van der Waals surface area (Å²) in [5.74, 6) is 4.49. The van der Waals surface area contributed by atoms with Gasteiger partial charge in [0.1, 0.15) is 5.69 Å². The van der Waals surface area contributed by atoms with Crippen LogP contribution in [0.2, 0.25) is 5.15 Å². The topological polar surface area (TPSA) is 72.9 Å². The van der Waals surface area contributed by atoms with Crippen molar-refractivity contribution < 1.29 is 4.79 Å². The van der Waals surface area contributed by atoms with Crippen LogP contribution in [0.1, 0.15) is 10.5 Å². The molecule has 0 saturated heterocycles. The number of rotatable bonds is 1. The predicted molar refractivity (Wildman–Crippen MR) is 39.9 cm³/mol. The van der Waals surface area contributed by atoms with Gasteiger partial charge in [-0.25, -0.2) is 5.84 Å². The van der Waals surface area contributed by atoms with Gasteiger partial charge in [0.25, 0.3) is 5.91 Å². The standard InChI is InChI=1S/C5H7ClN4O/c1-10-3(5(11)8-7)2-4(6)9-10/h2H,7H2,1H3,(H,8,11). The van der Waals surface area contributed by atoms with Gasteiger partial charge in [-0.1, -0.05) is 11.6 Å². The van der Waals surface area contributed by atoms with Gasteiger partial charge in [0.15, 0.2) is 5.15 Å². The molecule has 0 bridgehead atoms. The molecule has 11 heavy (non-hydrogen) atoms. The highest BCUT2D eigenvalue weighted by Gasteiger charge is 2.09. The minimum absolute atomic E-state index is 0.270. The number of aromatic nitrogens is 2. The lowest BCUT2D eigenvalue weighted by Gasteiger charge is -1.97. The molecule has 6 heteroatoms. The van der Waals surface area contributed by atoms with Crippen molar-refractivity contribution in [1.29, 1.82) is 0 Å². The second-order valence-electron chi connectivity index (χ2n) is 1.95. The third-order valence-corrected chi connectivity index (χ3v) is 1.40. The molecule has 1 amide bonds. The molecule has 0 saturated carbocycles. The second kappa shape index (κ2) is 2.89. The number of hydrogen-bond donors (Lipinski definition) is 2. The van der Waals surface area contributed by atoms with Crippen LogP contribution in [0.5, 0.6) is 0 Å². The van der Waals surface area contributed by atoms with Gasteiger partial charge in [-0.05, 0) is 0 Å². The van der Waals surface area contributed by atoms with Gasteiger partial charge in [-0.15, -0.1) is 0 Å². The van der Waals surface area contributed by atoms with Gasteiger partial charge in [-0.3, -0.25) is 14.9 Å². The first-order valence-corrected chi connectivity index (χ1v) is 3.23. The third kappa shape index (κ3) is 1.50. The molecule has 0 spiro atoms. The molecule has 1 aromatic rings. The van der Waals surface area contributed by atoms with Crippen molar-refractivity contribution in [3.05, 3.63) is 16.9 Å². The lowest BCUT2D eigenvalue weighted by Crippen LogP contribution is -2.31. The summed E-state index contributed by atoms with van der Waals surface area (Å²) in [6.45, 7) is 0. The number of halogens is 1. The van der Waals surface area contributed by atoms with Crippen LogP contribution in [-0.2, 0) is 7.05 Å². The van der Waals surface area contributed by atoms with Crippen LogP contribution in [0, 0.1) is 0 Å². The molecule has 5 nitrogen and oxygen atoms in total. The second-order valence-corrected chi connectivity index (χ2v) is 2.34. The highest BCUT2D eigenvalue weighted by Crippen LogP contribution is 2.07. The van der Waals surface area contributed by atoms with Gasteiger partial charge in [0.05, 0.1) is 0 Å². The molecule has 0 aliphatic rings. The lowest BCUT2D eigenvalue weighted by atomic mass is 10.4. The van der Waals surface area contributed by atoms with Gasteiger partial charge in [-0.2, -0.15) is 5.10 Å². The predicted octanol–water partition coefficient (Wildman–Crippen LogP) is -0.323. The van der Waals surface area contributed by atoms with E-state index in [4.69, 9.17) is 17.4 Å². The molecule has 0 aromatic carbocycles. The molecule has 0 aliphatic carbocycles. The molecular formula is C5H7ClN4O. The van der Waals surface area contributed by atoms with Crippen molar-refractivity contribution in [2.75, 3.05) is 0 Å². The quantitative estimate of drug-likeness (QED) is 0.348. The van der Waals surface area contributed by atoms with Crippen molar-refractivity contribution in [2.24, 2.45) is 12.9 Å². The Kier molecular flexibility index (Phi) is 2.11. The Balaban J connectivity index is 3.03. The molecule has 0 radical (unpaired) electrons. The van der Waals surface area contributed by atoms with Gasteiger partial charge in [0.2, 0.25) is 0 Å². The van der Waals surface area contributed by atoms with Crippen molar-refractivity contribution >= 4 is 17.5 Å². The summed E-state index contributed by atoms with van der Waals surface area (Å²) in [6, 6.07) is 1.43. The lowest BCUT2D eigenvalue weighted by molar-refractivity contribution is 0.0944. The molecule has 60 valence electrons. The van der Waals surface area contributed by atoms with E-state index in [9.17, 15) is 4.79 Å². The van der Waals surface area contributed by atoms with E-state index in [2.05, 4.69) is 5.10 Å². The Morgan fingerprint density at radius 3 is 2.91 bits per heavy atom. The summed E-state index contributed by atoms with van der Waals surface area (Å²) in [4.78, 5) is 10.9. The van der Waals surface area contributed by atoms with E-state index < -0.39 is 5.91 Å². The first kappa shape index (κ1) is 8.03. The molecule has 1 heterocycles. The number of carbonyl (C=O) groups excluding carboxylic acids is 1. The number of carbonyl (C=O) groups is 1. The van der Waals surface area contributed by atoms with Gasteiger partial charge in [0, 0.05) is 13.1 Å². The van der Waals surface area contributed by atoms with Crippen LogP contribution >= 0.6 is 11.6 Å². The highest BCUT2D eigenvalue weighted by atomic mass is 35.5. The van der Waals surface area contributed by atoms with E-state index in [1.165, 1.54) is 10.7 Å². The minimum atomic E-state index is -0.410. The van der Waals surface area contributed by atoms with Crippen LogP contribution in [0.3, 0.4) is 0 Å². The van der Waals surface area contributed by atoms with Crippen LogP contribution in [0.4, 0.5) is 0 Å². The molecular weight excluding hydrogens is 168 g/mol. The van der Waals surface area contributed by atoms with E-state index in [1.54, 1.807) is 7.05 Å². The van der Waals surface area contributed by atoms with Crippen molar-refractivity contribution in [2.45, 2.75) is 0 Å². The summed E-state index contributed by atoms with van der Waals surface area (Å²) < 4.78 is 1.35. The zero-order valence-electron chi connectivity index (χ0n) is 5.84. The molecule has 1 rings (SSSR count). The van der Waals surface area contributed by atoms with E-state index in [0.29, 0.717) is 5.69 Å². The minimum Gasteiger partial charge on any atom is -0.289 e. The molecule has 0 fully saturated rings. The molecule has 0 aliphatic heterocycles. The Morgan fingerprint density at radius 1 is 1.91 bits per heavy atom. The Morgan fingerprint density at radius 2 is 2.55 bits per heavy atom. The summed E-state index contributed by atoms with van der Waals surface area (Å²) in [5, 5.41) is 4.02. The monoisotopic (exact) mass is 174 g/mol.